The molecule has 0 bridgehead atoms. The molecule has 1 aromatic heterocycles. The van der Waals surface area contributed by atoms with Crippen molar-refractivity contribution in [3.63, 3.8) is 0 Å². The van der Waals surface area contributed by atoms with E-state index in [0.29, 0.717) is 6.42 Å². The van der Waals surface area contributed by atoms with Gasteiger partial charge in [-0.2, -0.15) is 0 Å². The third kappa shape index (κ3) is 3.21. The van der Waals surface area contributed by atoms with Crippen LogP contribution in [-0.2, 0) is 9.59 Å². The predicted octanol–water partition coefficient (Wildman–Crippen LogP) is 4.10. The van der Waals surface area contributed by atoms with E-state index in [9.17, 15) is 9.59 Å². The van der Waals surface area contributed by atoms with Gasteiger partial charge >= 0.3 is 0 Å². The molecule has 0 radical (unpaired) electrons. The normalized spacial score (nSPS) is 17.8. The summed E-state index contributed by atoms with van der Waals surface area (Å²) in [6, 6.07) is 17.1. The molecule has 3 aromatic rings. The summed E-state index contributed by atoms with van der Waals surface area (Å²) in [4.78, 5) is 30.4. The van der Waals surface area contributed by atoms with Crippen molar-refractivity contribution in [2.24, 2.45) is 5.92 Å². The molecule has 0 aliphatic carbocycles. The number of rotatable bonds is 5. The number of fused-ring (bicyclic) bond motifs is 1. The van der Waals surface area contributed by atoms with Crippen LogP contribution in [0.3, 0.4) is 0 Å². The van der Waals surface area contributed by atoms with E-state index in [-0.39, 0.29) is 23.8 Å². The Bertz CT molecular complexity index is 977. The number of aromatic nitrogens is 1. The monoisotopic (exact) mass is 361 g/mol. The molecular weight excluding hydrogens is 338 g/mol. The second-order valence-corrected chi connectivity index (χ2v) is 7.39. The molecule has 138 valence electrons. The minimum Gasteiger partial charge on any atom is -0.361 e. The van der Waals surface area contributed by atoms with Gasteiger partial charge in [-0.05, 0) is 35.7 Å². The number of nitrogens with zero attached hydrogens (tertiary/aromatic N) is 1. The molecular formula is C22H23N3O2. The van der Waals surface area contributed by atoms with Gasteiger partial charge < -0.3 is 15.2 Å². The van der Waals surface area contributed by atoms with Gasteiger partial charge in [0.25, 0.3) is 0 Å². The molecule has 2 aromatic carbocycles. The fourth-order valence-corrected chi connectivity index (χ4v) is 3.83. The molecule has 5 nitrogen and oxygen atoms in total. The second-order valence-electron chi connectivity index (χ2n) is 7.39. The average Bonchev–Trinajstić information content (AvgIpc) is 3.12. The van der Waals surface area contributed by atoms with Crippen LogP contribution in [0.2, 0.25) is 0 Å². The average molecular weight is 361 g/mol. The van der Waals surface area contributed by atoms with E-state index in [1.165, 1.54) is 0 Å². The van der Waals surface area contributed by atoms with Gasteiger partial charge in [0.05, 0.1) is 12.5 Å². The van der Waals surface area contributed by atoms with E-state index in [1.807, 2.05) is 74.6 Å². The highest BCUT2D eigenvalue weighted by atomic mass is 16.2. The van der Waals surface area contributed by atoms with Crippen LogP contribution in [0.25, 0.3) is 10.9 Å². The summed E-state index contributed by atoms with van der Waals surface area (Å²) in [5.74, 6) is -0.107. The highest BCUT2D eigenvalue weighted by Crippen LogP contribution is 2.38. The van der Waals surface area contributed by atoms with Crippen LogP contribution in [0.1, 0.15) is 31.9 Å². The number of amides is 2. The number of carbonyl (C=O) groups is 2. The number of hydrogen-bond acceptors (Lipinski definition) is 2. The van der Waals surface area contributed by atoms with Gasteiger partial charge in [-0.1, -0.05) is 44.2 Å². The number of aromatic amines is 1. The Hall–Kier alpha value is -3.08. The van der Waals surface area contributed by atoms with Crippen LogP contribution in [0.4, 0.5) is 5.69 Å². The topological polar surface area (TPSA) is 65.2 Å². The van der Waals surface area contributed by atoms with Crippen LogP contribution in [0, 0.1) is 5.92 Å². The summed E-state index contributed by atoms with van der Waals surface area (Å²) in [5.41, 5.74) is 2.83. The maximum Gasteiger partial charge on any atom is 0.247 e. The molecule has 0 saturated carbocycles. The molecule has 2 atom stereocenters. The van der Waals surface area contributed by atoms with Crippen molar-refractivity contribution in [2.45, 2.75) is 32.4 Å². The third-order valence-corrected chi connectivity index (χ3v) is 5.20. The number of β-lactam (4-membered cyclic amide) rings is 1. The fraction of sp³-hybridized carbons (Fsp3) is 0.273. The van der Waals surface area contributed by atoms with Crippen LogP contribution in [0.5, 0.6) is 0 Å². The van der Waals surface area contributed by atoms with Crippen LogP contribution in [-0.4, -0.2) is 27.7 Å². The van der Waals surface area contributed by atoms with Crippen molar-refractivity contribution in [3.05, 3.63) is 66.4 Å². The van der Waals surface area contributed by atoms with E-state index in [2.05, 4.69) is 10.3 Å². The first-order valence-electron chi connectivity index (χ1n) is 9.28. The molecule has 0 spiro atoms. The largest absolute Gasteiger partial charge is 0.361 e. The Morgan fingerprint density at radius 1 is 1.15 bits per heavy atom. The fourth-order valence-electron chi connectivity index (χ4n) is 3.83. The Kier molecular flexibility index (Phi) is 4.44. The summed E-state index contributed by atoms with van der Waals surface area (Å²) < 4.78 is 0. The second kappa shape index (κ2) is 6.91. The summed E-state index contributed by atoms with van der Waals surface area (Å²) in [5, 5.41) is 4.04. The van der Waals surface area contributed by atoms with Gasteiger partial charge in [0.2, 0.25) is 11.8 Å². The Morgan fingerprint density at radius 3 is 2.63 bits per heavy atom. The molecule has 27 heavy (non-hydrogen) atoms. The van der Waals surface area contributed by atoms with Gasteiger partial charge in [0, 0.05) is 22.8 Å². The van der Waals surface area contributed by atoms with Gasteiger partial charge in [0.15, 0.2) is 0 Å². The van der Waals surface area contributed by atoms with E-state index in [4.69, 9.17) is 0 Å². The number of hydrogen-bond donors (Lipinski definition) is 2. The zero-order valence-corrected chi connectivity index (χ0v) is 15.5. The highest BCUT2D eigenvalue weighted by Gasteiger charge is 2.45. The molecule has 4 rings (SSSR count). The van der Waals surface area contributed by atoms with E-state index in [1.54, 1.807) is 4.90 Å². The minimum atomic E-state index is -0.502. The molecule has 2 unspecified atom stereocenters. The quantitative estimate of drug-likeness (QED) is 0.672. The lowest BCUT2D eigenvalue weighted by Crippen LogP contribution is -2.58. The molecule has 2 amide bonds. The Balaban J connectivity index is 1.57. The number of carbonyl (C=O) groups excluding carboxylic acids is 2. The van der Waals surface area contributed by atoms with Crippen molar-refractivity contribution < 1.29 is 9.59 Å². The number of anilines is 1. The minimum absolute atomic E-state index is 0.0106. The van der Waals surface area contributed by atoms with Crippen LogP contribution >= 0.6 is 0 Å². The Morgan fingerprint density at radius 2 is 1.93 bits per heavy atom. The van der Waals surface area contributed by atoms with Gasteiger partial charge in [-0.3, -0.25) is 9.59 Å². The van der Waals surface area contributed by atoms with Gasteiger partial charge in [0.1, 0.15) is 6.04 Å². The number of likely N-dealkylation sites (tertiary alicyclic amines) is 1. The number of nitrogens with one attached hydrogen (secondary N) is 2. The van der Waals surface area contributed by atoms with Crippen molar-refractivity contribution in [1.29, 1.82) is 0 Å². The van der Waals surface area contributed by atoms with Crippen molar-refractivity contribution in [1.82, 2.24) is 9.88 Å². The number of benzene rings is 2. The Labute approximate surface area is 158 Å². The molecule has 5 heteroatoms. The summed E-state index contributed by atoms with van der Waals surface area (Å²) in [6.07, 6.45) is 2.33. The smallest absolute Gasteiger partial charge is 0.247 e. The zero-order valence-electron chi connectivity index (χ0n) is 15.5. The SMILES string of the molecule is CC(C)C(C(=O)Nc1ccc2[nH]ccc2c1)N1C(=O)CC1c1ccccc1. The third-order valence-electron chi connectivity index (χ3n) is 5.20. The molecule has 1 aliphatic rings. The van der Waals surface area contributed by atoms with Crippen LogP contribution < -0.4 is 5.32 Å². The first-order chi connectivity index (χ1) is 13.0. The van der Waals surface area contributed by atoms with E-state index < -0.39 is 6.04 Å². The molecule has 1 aliphatic heterocycles. The maximum atomic E-state index is 13.1. The van der Waals surface area contributed by atoms with Crippen LogP contribution in [0.15, 0.2) is 60.8 Å². The standard InChI is InChI=1S/C22H23N3O2/c1-14(2)21(25-19(13-20(25)26)15-6-4-3-5-7-15)22(27)24-17-8-9-18-16(12-17)10-11-23-18/h3-12,14,19,21,23H,13H2,1-2H3,(H,24,27). The summed E-state index contributed by atoms with van der Waals surface area (Å²) >= 11 is 0. The maximum absolute atomic E-state index is 13.1. The lowest BCUT2D eigenvalue weighted by atomic mass is 9.88. The van der Waals surface area contributed by atoms with E-state index in [0.717, 1.165) is 22.2 Å². The first-order valence-corrected chi connectivity index (χ1v) is 9.28. The highest BCUT2D eigenvalue weighted by molar-refractivity contribution is 6.00. The summed E-state index contributed by atoms with van der Waals surface area (Å²) in [7, 11) is 0. The lowest BCUT2D eigenvalue weighted by molar-refractivity contribution is -0.156. The van der Waals surface area contributed by atoms with Gasteiger partial charge in [-0.25, -0.2) is 0 Å². The first kappa shape index (κ1) is 17.3. The lowest BCUT2D eigenvalue weighted by Gasteiger charge is -2.46. The van der Waals surface area contributed by atoms with Gasteiger partial charge in [-0.15, -0.1) is 0 Å². The van der Waals surface area contributed by atoms with Crippen molar-refractivity contribution in [3.8, 4) is 0 Å². The van der Waals surface area contributed by atoms with Crippen molar-refractivity contribution in [2.75, 3.05) is 5.32 Å². The number of H-pyrrole nitrogens is 1. The molecule has 2 heterocycles. The molecule has 1 saturated heterocycles. The van der Waals surface area contributed by atoms with Crippen molar-refractivity contribution >= 4 is 28.4 Å². The predicted molar refractivity (Wildman–Crippen MR) is 106 cm³/mol. The zero-order chi connectivity index (χ0) is 19.0. The molecule has 1 fully saturated rings. The van der Waals surface area contributed by atoms with E-state index >= 15 is 0 Å². The summed E-state index contributed by atoms with van der Waals surface area (Å²) in [6.45, 7) is 3.96. The molecule has 2 N–H and O–H groups in total.